The van der Waals surface area contributed by atoms with Gasteiger partial charge in [-0.1, -0.05) is 13.8 Å². The predicted molar refractivity (Wildman–Crippen MR) is 71.2 cm³/mol. The summed E-state index contributed by atoms with van der Waals surface area (Å²) in [4.78, 5) is 14.4. The molecule has 1 saturated heterocycles. The van der Waals surface area contributed by atoms with Gasteiger partial charge in [-0.3, -0.25) is 9.48 Å². The van der Waals surface area contributed by atoms with Crippen molar-refractivity contribution in [1.82, 2.24) is 14.7 Å². The number of carbonyl (C=O) groups excluding carboxylic acids is 1. The maximum atomic E-state index is 12.5. The van der Waals surface area contributed by atoms with E-state index in [1.54, 1.807) is 11.7 Å². The molecule has 0 spiro atoms. The molecule has 1 amide bonds. The van der Waals surface area contributed by atoms with Crippen molar-refractivity contribution in [1.29, 1.82) is 0 Å². The molecule has 2 rings (SSSR count). The van der Waals surface area contributed by atoms with E-state index in [0.29, 0.717) is 16.8 Å². The molecular formula is C13H22N4O. The van der Waals surface area contributed by atoms with Crippen LogP contribution in [-0.2, 0) is 7.05 Å². The first-order chi connectivity index (χ1) is 8.53. The van der Waals surface area contributed by atoms with Gasteiger partial charge < -0.3 is 10.6 Å². The molecule has 1 aromatic heterocycles. The van der Waals surface area contributed by atoms with Crippen LogP contribution in [0.15, 0.2) is 6.20 Å². The molecule has 0 unspecified atom stereocenters. The van der Waals surface area contributed by atoms with E-state index in [9.17, 15) is 4.79 Å². The van der Waals surface area contributed by atoms with Gasteiger partial charge in [0.1, 0.15) is 5.69 Å². The van der Waals surface area contributed by atoms with Crippen LogP contribution in [0.4, 0.5) is 5.69 Å². The molecule has 5 nitrogen and oxygen atoms in total. The van der Waals surface area contributed by atoms with Gasteiger partial charge in [0.2, 0.25) is 0 Å². The third kappa shape index (κ3) is 1.98. The predicted octanol–water partition coefficient (Wildman–Crippen LogP) is 1.65. The lowest BCUT2D eigenvalue weighted by molar-refractivity contribution is 0.0760. The van der Waals surface area contributed by atoms with Crippen molar-refractivity contribution in [2.45, 2.75) is 33.1 Å². The number of carbonyl (C=O) groups is 1. The Balaban J connectivity index is 2.18. The minimum absolute atomic E-state index is 0.0104. The Morgan fingerprint density at radius 3 is 2.61 bits per heavy atom. The number of nitrogen functional groups attached to an aromatic ring is 1. The van der Waals surface area contributed by atoms with E-state index in [1.807, 2.05) is 4.90 Å². The average Bonchev–Trinajstić information content (AvgIpc) is 2.94. The molecular weight excluding hydrogens is 228 g/mol. The summed E-state index contributed by atoms with van der Waals surface area (Å²) in [6.45, 7) is 6.07. The lowest BCUT2D eigenvalue weighted by Crippen LogP contribution is -2.33. The second-order valence-corrected chi connectivity index (χ2v) is 5.26. The zero-order valence-corrected chi connectivity index (χ0v) is 11.4. The summed E-state index contributed by atoms with van der Waals surface area (Å²) in [5.41, 5.74) is 7.08. The van der Waals surface area contributed by atoms with Gasteiger partial charge in [-0.05, 0) is 24.7 Å². The normalized spacial score (nSPS) is 18.3. The maximum absolute atomic E-state index is 12.5. The molecule has 5 heteroatoms. The van der Waals surface area contributed by atoms with Crippen LogP contribution < -0.4 is 5.73 Å². The number of anilines is 1. The lowest BCUT2D eigenvalue weighted by atomic mass is 9.82. The summed E-state index contributed by atoms with van der Waals surface area (Å²) in [5.74, 6) is 0.0104. The monoisotopic (exact) mass is 250 g/mol. The van der Waals surface area contributed by atoms with Crippen LogP contribution >= 0.6 is 0 Å². The van der Waals surface area contributed by atoms with Gasteiger partial charge >= 0.3 is 0 Å². The summed E-state index contributed by atoms with van der Waals surface area (Å²) < 4.78 is 1.57. The number of rotatable bonds is 3. The number of likely N-dealkylation sites (tertiary alicyclic amines) is 1. The van der Waals surface area contributed by atoms with Crippen molar-refractivity contribution in [2.75, 3.05) is 18.8 Å². The van der Waals surface area contributed by atoms with Gasteiger partial charge in [-0.2, -0.15) is 5.10 Å². The molecule has 2 heterocycles. The SMILES string of the molecule is CCC1(CC)CCN(C(=O)c2c(N)cnn2C)C1. The molecule has 1 aromatic rings. The largest absolute Gasteiger partial charge is 0.396 e. The summed E-state index contributed by atoms with van der Waals surface area (Å²) in [6, 6.07) is 0. The number of amides is 1. The Morgan fingerprint density at radius 1 is 1.50 bits per heavy atom. The van der Waals surface area contributed by atoms with Gasteiger partial charge in [0.25, 0.3) is 5.91 Å². The van der Waals surface area contributed by atoms with E-state index < -0.39 is 0 Å². The molecule has 0 bridgehead atoms. The van der Waals surface area contributed by atoms with Crippen LogP contribution in [0.3, 0.4) is 0 Å². The Morgan fingerprint density at radius 2 is 2.17 bits per heavy atom. The molecule has 18 heavy (non-hydrogen) atoms. The second kappa shape index (κ2) is 4.63. The summed E-state index contributed by atoms with van der Waals surface area (Å²) in [5, 5.41) is 4.03. The average molecular weight is 250 g/mol. The molecule has 0 radical (unpaired) electrons. The molecule has 0 aromatic carbocycles. The first-order valence-electron chi connectivity index (χ1n) is 6.59. The van der Waals surface area contributed by atoms with Crippen molar-refractivity contribution in [3.63, 3.8) is 0 Å². The first-order valence-corrected chi connectivity index (χ1v) is 6.59. The molecule has 0 saturated carbocycles. The van der Waals surface area contributed by atoms with Crippen molar-refractivity contribution in [3.05, 3.63) is 11.9 Å². The highest BCUT2D eigenvalue weighted by atomic mass is 16.2. The van der Waals surface area contributed by atoms with E-state index in [2.05, 4.69) is 18.9 Å². The second-order valence-electron chi connectivity index (χ2n) is 5.26. The quantitative estimate of drug-likeness (QED) is 0.887. The maximum Gasteiger partial charge on any atom is 0.274 e. The van der Waals surface area contributed by atoms with Crippen LogP contribution in [0.25, 0.3) is 0 Å². The zero-order chi connectivity index (χ0) is 13.3. The van der Waals surface area contributed by atoms with E-state index >= 15 is 0 Å². The van der Waals surface area contributed by atoms with Crippen molar-refractivity contribution < 1.29 is 4.79 Å². The molecule has 100 valence electrons. The van der Waals surface area contributed by atoms with Crippen LogP contribution in [0.1, 0.15) is 43.6 Å². The van der Waals surface area contributed by atoms with Crippen molar-refractivity contribution >= 4 is 11.6 Å². The van der Waals surface area contributed by atoms with Crippen LogP contribution in [0, 0.1) is 5.41 Å². The number of hydrogen-bond donors (Lipinski definition) is 1. The smallest absolute Gasteiger partial charge is 0.274 e. The third-order valence-corrected chi connectivity index (χ3v) is 4.40. The highest BCUT2D eigenvalue weighted by Gasteiger charge is 2.38. The summed E-state index contributed by atoms with van der Waals surface area (Å²) in [6.07, 6.45) is 4.86. The molecule has 2 N–H and O–H groups in total. The van der Waals surface area contributed by atoms with E-state index in [-0.39, 0.29) is 5.91 Å². The van der Waals surface area contributed by atoms with E-state index in [4.69, 9.17) is 5.73 Å². The number of hydrogen-bond acceptors (Lipinski definition) is 3. The van der Waals surface area contributed by atoms with Crippen LogP contribution in [0.2, 0.25) is 0 Å². The third-order valence-electron chi connectivity index (χ3n) is 4.40. The standard InChI is InChI=1S/C13H22N4O/c1-4-13(5-2)6-7-17(9-13)12(18)11-10(14)8-15-16(11)3/h8H,4-7,9,14H2,1-3H3. The number of aryl methyl sites for hydroxylation is 1. The highest BCUT2D eigenvalue weighted by molar-refractivity contribution is 5.97. The minimum Gasteiger partial charge on any atom is -0.396 e. The topological polar surface area (TPSA) is 64.2 Å². The first kappa shape index (κ1) is 12.9. The van der Waals surface area contributed by atoms with Gasteiger partial charge in [0, 0.05) is 20.1 Å². The van der Waals surface area contributed by atoms with Gasteiger partial charge in [0.15, 0.2) is 0 Å². The van der Waals surface area contributed by atoms with E-state index in [0.717, 1.165) is 32.4 Å². The fourth-order valence-corrected chi connectivity index (χ4v) is 2.80. The molecule has 1 aliphatic rings. The fraction of sp³-hybridized carbons (Fsp3) is 0.692. The Labute approximate surface area is 108 Å². The summed E-state index contributed by atoms with van der Waals surface area (Å²) >= 11 is 0. The molecule has 0 atom stereocenters. The Hall–Kier alpha value is -1.52. The number of nitrogens with zero attached hydrogens (tertiary/aromatic N) is 3. The lowest BCUT2D eigenvalue weighted by Gasteiger charge is -2.26. The Kier molecular flexibility index (Phi) is 3.32. The molecule has 1 fully saturated rings. The Bertz CT molecular complexity index is 428. The van der Waals surface area contributed by atoms with Crippen LogP contribution in [0.5, 0.6) is 0 Å². The van der Waals surface area contributed by atoms with Gasteiger partial charge in [0.05, 0.1) is 11.9 Å². The van der Waals surface area contributed by atoms with Gasteiger partial charge in [-0.25, -0.2) is 0 Å². The fourth-order valence-electron chi connectivity index (χ4n) is 2.80. The highest BCUT2D eigenvalue weighted by Crippen LogP contribution is 2.37. The number of nitrogens with two attached hydrogens (primary N) is 1. The zero-order valence-electron chi connectivity index (χ0n) is 11.4. The minimum atomic E-state index is 0.0104. The van der Waals surface area contributed by atoms with Crippen molar-refractivity contribution in [2.24, 2.45) is 12.5 Å². The summed E-state index contributed by atoms with van der Waals surface area (Å²) in [7, 11) is 1.76. The van der Waals surface area contributed by atoms with E-state index in [1.165, 1.54) is 6.20 Å². The number of aromatic nitrogens is 2. The van der Waals surface area contributed by atoms with Crippen LogP contribution in [-0.4, -0.2) is 33.7 Å². The van der Waals surface area contributed by atoms with Crippen molar-refractivity contribution in [3.8, 4) is 0 Å². The molecule has 1 aliphatic heterocycles. The van der Waals surface area contributed by atoms with Gasteiger partial charge in [-0.15, -0.1) is 0 Å². The molecule has 0 aliphatic carbocycles.